The summed E-state index contributed by atoms with van der Waals surface area (Å²) < 4.78 is 0. The minimum atomic E-state index is -0.418. The number of hydrogen-bond acceptors (Lipinski definition) is 3. The Bertz CT molecular complexity index is 96.1. The fourth-order valence-corrected chi connectivity index (χ4v) is 0.782. The van der Waals surface area contributed by atoms with E-state index in [0.29, 0.717) is 19.0 Å². The van der Waals surface area contributed by atoms with Crippen LogP contribution in [0.25, 0.3) is 0 Å². The molecule has 68 valence electrons. The van der Waals surface area contributed by atoms with Gasteiger partial charge in [-0.3, -0.25) is 5.32 Å². The summed E-state index contributed by atoms with van der Waals surface area (Å²) in [5.41, 5.74) is 5.28. The van der Waals surface area contributed by atoms with Crippen molar-refractivity contribution in [1.82, 2.24) is 5.32 Å². The molecule has 0 aromatic carbocycles. The van der Waals surface area contributed by atoms with Gasteiger partial charge in [-0.1, -0.05) is 20.8 Å². The van der Waals surface area contributed by atoms with E-state index in [9.17, 15) is 5.11 Å². The number of hydrogen-bond donors (Lipinski definition) is 3. The van der Waals surface area contributed by atoms with Crippen LogP contribution in [0.15, 0.2) is 0 Å². The molecule has 3 heteroatoms. The number of aliphatic hydroxyl groups excluding tert-OH is 1. The topological polar surface area (TPSA) is 58.3 Å². The molecule has 0 saturated carbocycles. The average molecular weight is 160 g/mol. The van der Waals surface area contributed by atoms with Gasteiger partial charge in [0.15, 0.2) is 0 Å². The molecule has 3 nitrogen and oxygen atoms in total. The highest BCUT2D eigenvalue weighted by molar-refractivity contribution is 4.65. The maximum Gasteiger partial charge on any atom is 0.107 e. The summed E-state index contributed by atoms with van der Waals surface area (Å²) in [4.78, 5) is 0. The molecule has 0 aromatic rings. The molecule has 0 fully saturated rings. The fourth-order valence-electron chi connectivity index (χ4n) is 0.782. The van der Waals surface area contributed by atoms with Gasteiger partial charge in [-0.2, -0.15) is 0 Å². The first-order valence-corrected chi connectivity index (χ1v) is 4.21. The van der Waals surface area contributed by atoms with Crippen molar-refractivity contribution in [3.8, 4) is 0 Å². The highest BCUT2D eigenvalue weighted by Crippen LogP contribution is 2.11. The van der Waals surface area contributed by atoms with Crippen LogP contribution in [0.5, 0.6) is 0 Å². The number of nitrogens with one attached hydrogen (secondary N) is 1. The van der Waals surface area contributed by atoms with E-state index in [4.69, 9.17) is 5.73 Å². The van der Waals surface area contributed by atoms with E-state index in [1.165, 1.54) is 0 Å². The molecule has 0 rings (SSSR count). The number of aliphatic hydroxyl groups is 1. The molecule has 1 unspecified atom stereocenters. The molecule has 0 spiro atoms. The number of rotatable bonds is 5. The largest absolute Gasteiger partial charge is 0.378 e. The molecule has 0 radical (unpaired) electrons. The highest BCUT2D eigenvalue weighted by atomic mass is 16.3. The molecular formula is C8H20N2O. The monoisotopic (exact) mass is 160 g/mol. The SMILES string of the molecule is CC(C)[C@@H](C)C(O)NCCN. The molecule has 0 amide bonds. The van der Waals surface area contributed by atoms with E-state index in [2.05, 4.69) is 19.2 Å². The molecule has 0 heterocycles. The zero-order valence-corrected chi connectivity index (χ0v) is 7.67. The van der Waals surface area contributed by atoms with Crippen LogP contribution in [-0.2, 0) is 0 Å². The third-order valence-corrected chi connectivity index (χ3v) is 2.05. The molecule has 0 bridgehead atoms. The summed E-state index contributed by atoms with van der Waals surface area (Å²) >= 11 is 0. The van der Waals surface area contributed by atoms with Crippen molar-refractivity contribution >= 4 is 0 Å². The minimum Gasteiger partial charge on any atom is -0.378 e. The van der Waals surface area contributed by atoms with Crippen molar-refractivity contribution in [1.29, 1.82) is 0 Å². The molecule has 0 aliphatic heterocycles. The van der Waals surface area contributed by atoms with E-state index in [-0.39, 0.29) is 5.92 Å². The van der Waals surface area contributed by atoms with Crippen LogP contribution in [-0.4, -0.2) is 24.4 Å². The maximum atomic E-state index is 9.45. The molecule has 4 N–H and O–H groups in total. The Kier molecular flexibility index (Phi) is 5.46. The molecule has 0 aliphatic carbocycles. The third kappa shape index (κ3) is 4.35. The van der Waals surface area contributed by atoms with Gasteiger partial charge in [0.1, 0.15) is 6.23 Å². The Morgan fingerprint density at radius 1 is 1.36 bits per heavy atom. The van der Waals surface area contributed by atoms with E-state index in [1.54, 1.807) is 0 Å². The molecule has 0 saturated heterocycles. The Labute approximate surface area is 69.0 Å². The second-order valence-corrected chi connectivity index (χ2v) is 3.29. The third-order valence-electron chi connectivity index (χ3n) is 2.05. The van der Waals surface area contributed by atoms with Gasteiger partial charge < -0.3 is 10.8 Å². The first-order chi connectivity index (χ1) is 5.09. The van der Waals surface area contributed by atoms with Crippen LogP contribution >= 0.6 is 0 Å². The maximum absolute atomic E-state index is 9.45. The Hall–Kier alpha value is -0.120. The second-order valence-electron chi connectivity index (χ2n) is 3.29. The normalized spacial score (nSPS) is 16.9. The Morgan fingerprint density at radius 3 is 2.27 bits per heavy atom. The first-order valence-electron chi connectivity index (χ1n) is 4.21. The highest BCUT2D eigenvalue weighted by Gasteiger charge is 2.15. The summed E-state index contributed by atoms with van der Waals surface area (Å²) in [6.45, 7) is 7.47. The van der Waals surface area contributed by atoms with E-state index >= 15 is 0 Å². The van der Waals surface area contributed by atoms with Gasteiger partial charge in [0, 0.05) is 13.1 Å². The summed E-state index contributed by atoms with van der Waals surface area (Å²) in [6.07, 6.45) is -0.418. The van der Waals surface area contributed by atoms with Crippen LogP contribution in [0.1, 0.15) is 20.8 Å². The molecule has 0 aromatic heterocycles. The van der Waals surface area contributed by atoms with Crippen molar-refractivity contribution in [2.45, 2.75) is 27.0 Å². The van der Waals surface area contributed by atoms with Gasteiger partial charge >= 0.3 is 0 Å². The van der Waals surface area contributed by atoms with Crippen molar-refractivity contribution in [2.75, 3.05) is 13.1 Å². The quantitative estimate of drug-likeness (QED) is 0.502. The second kappa shape index (κ2) is 5.52. The van der Waals surface area contributed by atoms with E-state index in [0.717, 1.165) is 0 Å². The predicted octanol–water partition coefficient (Wildman–Crippen LogP) is 0.145. The predicted molar refractivity (Wildman–Crippen MR) is 47.1 cm³/mol. The summed E-state index contributed by atoms with van der Waals surface area (Å²) in [5.74, 6) is 0.775. The lowest BCUT2D eigenvalue weighted by Gasteiger charge is -2.22. The van der Waals surface area contributed by atoms with Gasteiger partial charge in [-0.05, 0) is 11.8 Å². The standard InChI is InChI=1S/C8H20N2O/c1-6(2)7(3)8(11)10-5-4-9/h6-8,10-11H,4-5,9H2,1-3H3/t7-,8?/m1/s1. The first kappa shape index (κ1) is 10.9. The van der Waals surface area contributed by atoms with E-state index < -0.39 is 6.23 Å². The molecular weight excluding hydrogens is 140 g/mol. The van der Waals surface area contributed by atoms with Gasteiger partial charge in [-0.25, -0.2) is 0 Å². The van der Waals surface area contributed by atoms with Gasteiger partial charge in [-0.15, -0.1) is 0 Å². The molecule has 0 aliphatic rings. The van der Waals surface area contributed by atoms with Gasteiger partial charge in [0.05, 0.1) is 0 Å². The average Bonchev–Trinajstić information content (AvgIpc) is 1.98. The molecule has 2 atom stereocenters. The lowest BCUT2D eigenvalue weighted by molar-refractivity contribution is 0.0622. The summed E-state index contributed by atoms with van der Waals surface area (Å²) in [5, 5.41) is 12.4. The van der Waals surface area contributed by atoms with Crippen LogP contribution in [0.3, 0.4) is 0 Å². The van der Waals surface area contributed by atoms with Crippen molar-refractivity contribution in [3.05, 3.63) is 0 Å². The van der Waals surface area contributed by atoms with Gasteiger partial charge in [0.2, 0.25) is 0 Å². The van der Waals surface area contributed by atoms with Crippen LogP contribution in [0.2, 0.25) is 0 Å². The zero-order valence-electron chi connectivity index (χ0n) is 7.67. The van der Waals surface area contributed by atoms with Crippen LogP contribution in [0, 0.1) is 11.8 Å². The lowest BCUT2D eigenvalue weighted by atomic mass is 9.96. The van der Waals surface area contributed by atoms with Crippen molar-refractivity contribution in [3.63, 3.8) is 0 Å². The van der Waals surface area contributed by atoms with Crippen LogP contribution in [0.4, 0.5) is 0 Å². The fraction of sp³-hybridized carbons (Fsp3) is 1.00. The van der Waals surface area contributed by atoms with Gasteiger partial charge in [0.25, 0.3) is 0 Å². The molecule has 11 heavy (non-hydrogen) atoms. The van der Waals surface area contributed by atoms with Crippen molar-refractivity contribution < 1.29 is 5.11 Å². The lowest BCUT2D eigenvalue weighted by Crippen LogP contribution is -2.39. The minimum absolute atomic E-state index is 0.279. The zero-order chi connectivity index (χ0) is 8.85. The summed E-state index contributed by atoms with van der Waals surface area (Å²) in [7, 11) is 0. The van der Waals surface area contributed by atoms with Crippen LogP contribution < -0.4 is 11.1 Å². The van der Waals surface area contributed by atoms with Crippen molar-refractivity contribution in [2.24, 2.45) is 17.6 Å². The Balaban J connectivity index is 3.55. The van der Waals surface area contributed by atoms with E-state index in [1.807, 2.05) is 6.92 Å². The number of nitrogens with two attached hydrogens (primary N) is 1. The summed E-state index contributed by atoms with van der Waals surface area (Å²) in [6, 6.07) is 0. The Morgan fingerprint density at radius 2 is 1.91 bits per heavy atom. The smallest absolute Gasteiger partial charge is 0.107 e.